The molecule has 0 bridgehead atoms. The summed E-state index contributed by atoms with van der Waals surface area (Å²) in [5, 5.41) is 23.5. The van der Waals surface area contributed by atoms with Crippen LogP contribution < -0.4 is 10.1 Å². The van der Waals surface area contributed by atoms with Crippen LogP contribution in [0.1, 0.15) is 22.5 Å². The van der Waals surface area contributed by atoms with Crippen LogP contribution in [0.4, 0.5) is 5.00 Å². The molecule has 4 aromatic rings. The smallest absolute Gasteiger partial charge is 0.235 e. The predicted molar refractivity (Wildman–Crippen MR) is 130 cm³/mol. The molecule has 0 aliphatic rings. The van der Waals surface area contributed by atoms with E-state index in [9.17, 15) is 4.79 Å². The van der Waals surface area contributed by atoms with Crippen LogP contribution in [0.25, 0.3) is 5.69 Å². The van der Waals surface area contributed by atoms with Crippen LogP contribution in [0, 0.1) is 25.2 Å². The molecule has 0 aliphatic heterocycles. The van der Waals surface area contributed by atoms with E-state index in [1.165, 1.54) is 23.1 Å². The van der Waals surface area contributed by atoms with E-state index in [2.05, 4.69) is 21.6 Å². The number of benzene rings is 2. The molecule has 2 heterocycles. The molecule has 166 valence electrons. The van der Waals surface area contributed by atoms with Crippen molar-refractivity contribution in [3.63, 3.8) is 0 Å². The molecule has 7 nitrogen and oxygen atoms in total. The molecule has 0 atom stereocenters. The summed E-state index contributed by atoms with van der Waals surface area (Å²) >= 11 is 2.60. The fourth-order valence-corrected chi connectivity index (χ4v) is 4.80. The van der Waals surface area contributed by atoms with Gasteiger partial charge in [-0.15, -0.1) is 21.5 Å². The monoisotopic (exact) mass is 475 g/mol. The summed E-state index contributed by atoms with van der Waals surface area (Å²) in [6.45, 7) is 4.26. The third-order valence-corrected chi connectivity index (χ3v) is 6.60. The Hall–Kier alpha value is -3.61. The van der Waals surface area contributed by atoms with Crippen molar-refractivity contribution < 1.29 is 9.53 Å². The van der Waals surface area contributed by atoms with Crippen molar-refractivity contribution in [1.82, 2.24) is 14.8 Å². The van der Waals surface area contributed by atoms with Crippen LogP contribution >= 0.6 is 23.1 Å². The van der Waals surface area contributed by atoms with Crippen molar-refractivity contribution in [3.8, 4) is 17.5 Å². The highest BCUT2D eigenvalue weighted by molar-refractivity contribution is 7.99. The maximum atomic E-state index is 12.5. The molecule has 1 N–H and O–H groups in total. The number of nitrogens with zero attached hydrogens (tertiary/aromatic N) is 4. The third kappa shape index (κ3) is 5.25. The van der Waals surface area contributed by atoms with Crippen molar-refractivity contribution in [1.29, 1.82) is 5.26 Å². The van der Waals surface area contributed by atoms with Gasteiger partial charge in [0.05, 0.1) is 11.3 Å². The Bertz CT molecular complexity index is 1290. The van der Waals surface area contributed by atoms with Crippen LogP contribution in [0.15, 0.2) is 65.1 Å². The van der Waals surface area contributed by atoms with E-state index in [-0.39, 0.29) is 18.3 Å². The van der Waals surface area contributed by atoms with Crippen molar-refractivity contribution in [2.24, 2.45) is 0 Å². The first kappa shape index (κ1) is 22.6. The lowest BCUT2D eigenvalue weighted by atomic mass is 10.1. The predicted octanol–water partition coefficient (Wildman–Crippen LogP) is 5.13. The fourth-order valence-electron chi connectivity index (χ4n) is 3.27. The Morgan fingerprint density at radius 2 is 1.88 bits per heavy atom. The first-order chi connectivity index (χ1) is 16.1. The SMILES string of the molecule is Cc1cccc(C)c1OCc1nnc(SCC(=O)Nc2sccc2C#N)n1-c1ccccc1. The van der Waals surface area contributed by atoms with Gasteiger partial charge in [0.25, 0.3) is 0 Å². The number of hydrogen-bond acceptors (Lipinski definition) is 7. The highest BCUT2D eigenvalue weighted by Crippen LogP contribution is 2.27. The Morgan fingerprint density at radius 1 is 1.12 bits per heavy atom. The third-order valence-electron chi connectivity index (χ3n) is 4.84. The largest absolute Gasteiger partial charge is 0.485 e. The zero-order chi connectivity index (χ0) is 23.2. The second kappa shape index (κ2) is 10.3. The number of thioether (sulfide) groups is 1. The molecular weight excluding hydrogens is 454 g/mol. The first-order valence-electron chi connectivity index (χ1n) is 10.2. The van der Waals surface area contributed by atoms with Gasteiger partial charge >= 0.3 is 0 Å². The van der Waals surface area contributed by atoms with E-state index >= 15 is 0 Å². The van der Waals surface area contributed by atoms with E-state index in [0.29, 0.717) is 21.5 Å². The number of hydrogen-bond donors (Lipinski definition) is 1. The number of aromatic nitrogens is 3. The van der Waals surface area contributed by atoms with Crippen molar-refractivity contribution in [3.05, 3.63) is 82.5 Å². The summed E-state index contributed by atoms with van der Waals surface area (Å²) < 4.78 is 8.01. The summed E-state index contributed by atoms with van der Waals surface area (Å²) in [6.07, 6.45) is 0. The number of carbonyl (C=O) groups excluding carboxylic acids is 1. The Kier molecular flexibility index (Phi) is 7.07. The molecular formula is C24H21N5O2S2. The highest BCUT2D eigenvalue weighted by atomic mass is 32.2. The van der Waals surface area contributed by atoms with Gasteiger partial charge in [-0.2, -0.15) is 5.26 Å². The van der Waals surface area contributed by atoms with Gasteiger partial charge in [0.2, 0.25) is 5.91 Å². The van der Waals surface area contributed by atoms with Crippen molar-refractivity contribution in [2.45, 2.75) is 25.6 Å². The molecule has 0 aliphatic carbocycles. The molecule has 0 radical (unpaired) electrons. The molecule has 33 heavy (non-hydrogen) atoms. The number of nitrogens with one attached hydrogen (secondary N) is 1. The van der Waals surface area contributed by atoms with Crippen LogP contribution in [-0.2, 0) is 11.4 Å². The number of anilines is 1. The standard InChI is InChI=1S/C24H21N5O2S2/c1-16-7-6-8-17(2)22(16)31-14-20-27-28-24(29(20)19-9-4-3-5-10-19)33-15-21(30)26-23-18(13-25)11-12-32-23/h3-12H,14-15H2,1-2H3,(H,26,30). The van der Waals surface area contributed by atoms with Crippen LogP contribution in [0.5, 0.6) is 5.75 Å². The molecule has 0 unspecified atom stereocenters. The zero-order valence-corrected chi connectivity index (χ0v) is 19.7. The summed E-state index contributed by atoms with van der Waals surface area (Å²) in [6, 6.07) is 19.5. The van der Waals surface area contributed by atoms with Gasteiger partial charge in [-0.25, -0.2) is 0 Å². The number of rotatable bonds is 8. The molecule has 4 rings (SSSR count). The molecule has 0 spiro atoms. The van der Waals surface area contributed by atoms with Gasteiger partial charge < -0.3 is 10.1 Å². The van der Waals surface area contributed by atoms with Crippen LogP contribution in [0.3, 0.4) is 0 Å². The Morgan fingerprint density at radius 3 is 2.61 bits per heavy atom. The van der Waals surface area contributed by atoms with Crippen molar-refractivity contribution >= 4 is 34.0 Å². The quantitative estimate of drug-likeness (QED) is 0.355. The second-order valence-corrected chi connectivity index (χ2v) is 9.05. The second-order valence-electron chi connectivity index (χ2n) is 7.19. The summed E-state index contributed by atoms with van der Waals surface area (Å²) in [5.41, 5.74) is 3.45. The van der Waals surface area contributed by atoms with Gasteiger partial charge in [-0.1, -0.05) is 48.2 Å². The molecule has 0 saturated carbocycles. The lowest BCUT2D eigenvalue weighted by Crippen LogP contribution is -2.14. The van der Waals surface area contributed by atoms with Gasteiger partial charge in [-0.05, 0) is 48.6 Å². The number of nitriles is 1. The fraction of sp³-hybridized carbons (Fsp3) is 0.167. The van der Waals surface area contributed by atoms with Crippen LogP contribution in [0.2, 0.25) is 0 Å². The highest BCUT2D eigenvalue weighted by Gasteiger charge is 2.18. The maximum absolute atomic E-state index is 12.5. The maximum Gasteiger partial charge on any atom is 0.235 e. The van der Waals surface area contributed by atoms with Gasteiger partial charge in [0.1, 0.15) is 23.4 Å². The van der Waals surface area contributed by atoms with Gasteiger partial charge in [0.15, 0.2) is 11.0 Å². The molecule has 0 fully saturated rings. The minimum atomic E-state index is -0.213. The normalized spacial score (nSPS) is 10.6. The number of aryl methyl sites for hydroxylation is 2. The van der Waals surface area contributed by atoms with E-state index in [1.54, 1.807) is 11.4 Å². The molecule has 0 saturated heterocycles. The number of para-hydroxylation sites is 2. The molecule has 1 amide bonds. The van der Waals surface area contributed by atoms with Gasteiger partial charge in [-0.3, -0.25) is 9.36 Å². The average Bonchev–Trinajstić information content (AvgIpc) is 3.44. The first-order valence-corrected chi connectivity index (χ1v) is 12.0. The average molecular weight is 476 g/mol. The zero-order valence-electron chi connectivity index (χ0n) is 18.1. The van der Waals surface area contributed by atoms with Gasteiger partial charge in [0, 0.05) is 5.69 Å². The topological polar surface area (TPSA) is 92.8 Å². The molecule has 9 heteroatoms. The summed E-state index contributed by atoms with van der Waals surface area (Å²) in [5.74, 6) is 1.38. The number of ether oxygens (including phenoxy) is 1. The number of carbonyl (C=O) groups is 1. The number of amides is 1. The molecule has 2 aromatic heterocycles. The van der Waals surface area contributed by atoms with Crippen molar-refractivity contribution in [2.75, 3.05) is 11.1 Å². The summed E-state index contributed by atoms with van der Waals surface area (Å²) in [7, 11) is 0. The lowest BCUT2D eigenvalue weighted by Gasteiger charge is -2.13. The lowest BCUT2D eigenvalue weighted by molar-refractivity contribution is -0.113. The Balaban J connectivity index is 1.53. The van der Waals surface area contributed by atoms with E-state index in [1.807, 2.05) is 66.9 Å². The number of thiophene rings is 1. The van der Waals surface area contributed by atoms with E-state index < -0.39 is 0 Å². The molecule has 2 aromatic carbocycles. The van der Waals surface area contributed by atoms with E-state index in [4.69, 9.17) is 10.00 Å². The minimum Gasteiger partial charge on any atom is -0.485 e. The minimum absolute atomic E-state index is 0.130. The van der Waals surface area contributed by atoms with E-state index in [0.717, 1.165) is 22.6 Å². The summed E-state index contributed by atoms with van der Waals surface area (Å²) in [4.78, 5) is 12.5. The Labute approximate surface area is 200 Å². The van der Waals surface area contributed by atoms with Crippen LogP contribution in [-0.4, -0.2) is 26.4 Å².